The van der Waals surface area contributed by atoms with E-state index in [9.17, 15) is 4.39 Å². The maximum absolute atomic E-state index is 13.4. The minimum Gasteiger partial charge on any atom is -0.382 e. The summed E-state index contributed by atoms with van der Waals surface area (Å²) >= 11 is 3.27. The summed E-state index contributed by atoms with van der Waals surface area (Å²) in [7, 11) is 0. The van der Waals surface area contributed by atoms with E-state index in [-0.39, 0.29) is 5.82 Å². The highest BCUT2D eigenvalue weighted by Crippen LogP contribution is 2.30. The van der Waals surface area contributed by atoms with Crippen molar-refractivity contribution in [3.05, 3.63) is 28.0 Å². The van der Waals surface area contributed by atoms with Crippen LogP contribution in [0.4, 0.5) is 10.1 Å². The van der Waals surface area contributed by atoms with E-state index in [0.717, 1.165) is 17.3 Å². The molecule has 104 valence electrons. The second-order valence-electron chi connectivity index (χ2n) is 5.78. The van der Waals surface area contributed by atoms with Gasteiger partial charge in [0.2, 0.25) is 0 Å². The van der Waals surface area contributed by atoms with Crippen LogP contribution in [0.3, 0.4) is 0 Å². The van der Waals surface area contributed by atoms with Gasteiger partial charge in [-0.3, -0.25) is 0 Å². The number of benzene rings is 1. The number of piperidine rings is 1. The van der Waals surface area contributed by atoms with Gasteiger partial charge in [-0.2, -0.15) is 0 Å². The molecule has 2 saturated heterocycles. The van der Waals surface area contributed by atoms with E-state index in [1.165, 1.54) is 38.8 Å². The number of hydrogen-bond donors (Lipinski definition) is 1. The first kappa shape index (κ1) is 13.4. The van der Waals surface area contributed by atoms with Gasteiger partial charge >= 0.3 is 0 Å². The smallest absolute Gasteiger partial charge is 0.137 e. The Hall–Kier alpha value is -0.610. The summed E-state index contributed by atoms with van der Waals surface area (Å²) in [6, 6.07) is 4.74. The van der Waals surface area contributed by atoms with Crippen molar-refractivity contribution < 1.29 is 4.39 Å². The topological polar surface area (TPSA) is 15.3 Å². The Kier molecular flexibility index (Phi) is 3.81. The first-order valence-corrected chi connectivity index (χ1v) is 7.89. The average Bonchev–Trinajstić information content (AvgIpc) is 2.83. The van der Waals surface area contributed by atoms with Crippen LogP contribution in [-0.2, 0) is 0 Å². The minimum absolute atomic E-state index is 0.186. The molecule has 2 fully saturated rings. The zero-order valence-electron chi connectivity index (χ0n) is 11.3. The van der Waals surface area contributed by atoms with Gasteiger partial charge in [0.1, 0.15) is 5.82 Å². The predicted octanol–water partition coefficient (Wildman–Crippen LogP) is 3.94. The zero-order chi connectivity index (χ0) is 13.4. The molecule has 0 radical (unpaired) electrons. The van der Waals surface area contributed by atoms with Crippen LogP contribution in [0.2, 0.25) is 0 Å². The molecule has 2 heterocycles. The normalized spacial score (nSPS) is 27.3. The second kappa shape index (κ2) is 5.41. The summed E-state index contributed by atoms with van der Waals surface area (Å²) in [5.41, 5.74) is 2.04. The molecule has 0 amide bonds. The second-order valence-corrected chi connectivity index (χ2v) is 6.63. The van der Waals surface area contributed by atoms with Gasteiger partial charge in [0, 0.05) is 24.3 Å². The van der Waals surface area contributed by atoms with Gasteiger partial charge in [-0.25, -0.2) is 4.39 Å². The Bertz CT molecular complexity index is 477. The van der Waals surface area contributed by atoms with Crippen molar-refractivity contribution in [2.24, 2.45) is 0 Å². The van der Waals surface area contributed by atoms with Gasteiger partial charge in [-0.15, -0.1) is 0 Å². The highest BCUT2D eigenvalue weighted by Gasteiger charge is 2.31. The minimum atomic E-state index is -0.186. The summed E-state index contributed by atoms with van der Waals surface area (Å²) in [6.07, 6.45) is 5.09. The molecule has 1 N–H and O–H groups in total. The van der Waals surface area contributed by atoms with E-state index >= 15 is 0 Å². The molecule has 2 nitrogen and oxygen atoms in total. The molecular weight excluding hydrogens is 307 g/mol. The Morgan fingerprint density at radius 1 is 1.32 bits per heavy atom. The number of fused-ring (bicyclic) bond motifs is 1. The van der Waals surface area contributed by atoms with E-state index in [1.54, 1.807) is 6.07 Å². The third kappa shape index (κ3) is 2.79. The molecule has 2 atom stereocenters. The SMILES string of the molecule is Cc1cc(F)c(Br)cc1NC1CCN2CCCC2C1. The molecule has 2 aliphatic heterocycles. The lowest BCUT2D eigenvalue weighted by Crippen LogP contribution is -2.42. The van der Waals surface area contributed by atoms with Crippen LogP contribution >= 0.6 is 15.9 Å². The number of halogens is 2. The Morgan fingerprint density at radius 2 is 2.16 bits per heavy atom. The van der Waals surface area contributed by atoms with Gasteiger partial charge in [-0.1, -0.05) is 0 Å². The highest BCUT2D eigenvalue weighted by atomic mass is 79.9. The third-order valence-electron chi connectivity index (χ3n) is 4.45. The summed E-state index contributed by atoms with van der Waals surface area (Å²) in [5, 5.41) is 3.61. The van der Waals surface area contributed by atoms with E-state index in [0.29, 0.717) is 10.5 Å². The fraction of sp³-hybridized carbons (Fsp3) is 0.600. The van der Waals surface area contributed by atoms with Crippen LogP contribution < -0.4 is 5.32 Å². The van der Waals surface area contributed by atoms with Gasteiger partial charge in [0.25, 0.3) is 0 Å². The Morgan fingerprint density at radius 3 is 3.00 bits per heavy atom. The lowest BCUT2D eigenvalue weighted by Gasteiger charge is -2.35. The Balaban J connectivity index is 1.70. The molecule has 1 aromatic carbocycles. The monoisotopic (exact) mass is 326 g/mol. The number of aryl methyl sites for hydroxylation is 1. The quantitative estimate of drug-likeness (QED) is 0.885. The summed E-state index contributed by atoms with van der Waals surface area (Å²) < 4.78 is 14.0. The highest BCUT2D eigenvalue weighted by molar-refractivity contribution is 9.10. The van der Waals surface area contributed by atoms with Gasteiger partial charge in [-0.05, 0) is 72.8 Å². The van der Waals surface area contributed by atoms with Crippen molar-refractivity contribution in [1.82, 2.24) is 4.90 Å². The van der Waals surface area contributed by atoms with Gasteiger partial charge < -0.3 is 10.2 Å². The number of nitrogens with zero attached hydrogens (tertiary/aromatic N) is 1. The average molecular weight is 327 g/mol. The predicted molar refractivity (Wildman–Crippen MR) is 80.1 cm³/mol. The molecule has 0 aliphatic carbocycles. The molecule has 3 rings (SSSR count). The largest absolute Gasteiger partial charge is 0.382 e. The van der Waals surface area contributed by atoms with Crippen LogP contribution in [-0.4, -0.2) is 30.1 Å². The first-order valence-electron chi connectivity index (χ1n) is 7.09. The number of hydrogen-bond acceptors (Lipinski definition) is 2. The fourth-order valence-corrected chi connectivity index (χ4v) is 3.72. The first-order chi connectivity index (χ1) is 9.13. The third-order valence-corrected chi connectivity index (χ3v) is 5.06. The molecule has 4 heteroatoms. The maximum atomic E-state index is 13.4. The Labute approximate surface area is 122 Å². The summed E-state index contributed by atoms with van der Waals surface area (Å²) in [4.78, 5) is 2.62. The molecule has 1 aromatic rings. The van der Waals surface area contributed by atoms with Gasteiger partial charge in [0.05, 0.1) is 4.47 Å². The van der Waals surface area contributed by atoms with Crippen molar-refractivity contribution in [2.45, 2.75) is 44.7 Å². The van der Waals surface area contributed by atoms with E-state index in [1.807, 2.05) is 13.0 Å². The maximum Gasteiger partial charge on any atom is 0.137 e. The molecule has 19 heavy (non-hydrogen) atoms. The summed E-state index contributed by atoms with van der Waals surface area (Å²) in [5.74, 6) is -0.186. The standard InChI is InChI=1S/C15H20BrFN2/c1-10-7-14(17)13(16)9-15(10)18-11-4-6-19-5-2-3-12(19)8-11/h7,9,11-12,18H,2-6,8H2,1H3. The molecule has 0 spiro atoms. The zero-order valence-corrected chi connectivity index (χ0v) is 12.8. The van der Waals surface area contributed by atoms with Crippen LogP contribution in [0, 0.1) is 12.7 Å². The molecule has 2 aliphatic rings. The fourth-order valence-electron chi connectivity index (χ4n) is 3.38. The molecule has 0 saturated carbocycles. The molecule has 2 unspecified atom stereocenters. The van der Waals surface area contributed by atoms with E-state index in [2.05, 4.69) is 26.1 Å². The van der Waals surface area contributed by atoms with Crippen LogP contribution in [0.5, 0.6) is 0 Å². The van der Waals surface area contributed by atoms with Crippen LogP contribution in [0.15, 0.2) is 16.6 Å². The van der Waals surface area contributed by atoms with Crippen LogP contribution in [0.1, 0.15) is 31.2 Å². The number of nitrogens with one attached hydrogen (secondary N) is 1. The molecular formula is C15H20BrFN2. The van der Waals surface area contributed by atoms with Crippen molar-refractivity contribution in [1.29, 1.82) is 0 Å². The molecule has 0 bridgehead atoms. The van der Waals surface area contributed by atoms with Crippen molar-refractivity contribution >= 4 is 21.6 Å². The molecule has 0 aromatic heterocycles. The van der Waals surface area contributed by atoms with E-state index < -0.39 is 0 Å². The number of anilines is 1. The van der Waals surface area contributed by atoms with E-state index in [4.69, 9.17) is 0 Å². The van der Waals surface area contributed by atoms with Crippen molar-refractivity contribution in [2.75, 3.05) is 18.4 Å². The summed E-state index contributed by atoms with van der Waals surface area (Å²) in [6.45, 7) is 4.44. The van der Waals surface area contributed by atoms with Crippen LogP contribution in [0.25, 0.3) is 0 Å². The van der Waals surface area contributed by atoms with Crippen molar-refractivity contribution in [3.63, 3.8) is 0 Å². The van der Waals surface area contributed by atoms with Gasteiger partial charge in [0.15, 0.2) is 0 Å². The lowest BCUT2D eigenvalue weighted by atomic mass is 9.97. The van der Waals surface area contributed by atoms with Crippen molar-refractivity contribution in [3.8, 4) is 0 Å². The lowest BCUT2D eigenvalue weighted by molar-refractivity contribution is 0.188. The number of rotatable bonds is 2.